The Morgan fingerprint density at radius 2 is 0.857 bits per heavy atom. The Morgan fingerprint density at radius 3 is 1.38 bits per heavy atom. The summed E-state index contributed by atoms with van der Waals surface area (Å²) in [6.07, 6.45) is 0. The van der Waals surface area contributed by atoms with E-state index in [-0.39, 0.29) is 21.2 Å². The van der Waals surface area contributed by atoms with Gasteiger partial charge in [0.2, 0.25) is 7.14 Å². The van der Waals surface area contributed by atoms with Crippen LogP contribution in [0.15, 0.2) is 84.9 Å². The maximum absolute atomic E-state index is 2.29. The molecule has 0 nitrogen and oxygen atoms in total. The second-order valence-corrected chi connectivity index (χ2v) is 7.88. The van der Waals surface area contributed by atoms with E-state index in [2.05, 4.69) is 84.9 Å². The first-order chi connectivity index (χ1) is 10.4. The molecule has 0 saturated heterocycles. The first-order valence-electron chi connectivity index (χ1n) is 7.02. The molecule has 0 atom stereocenters. The van der Waals surface area contributed by atoms with Crippen LogP contribution in [0.4, 0.5) is 0 Å². The molecule has 0 N–H and O–H groups in total. The zero-order valence-electron chi connectivity index (χ0n) is 11.5. The van der Waals surface area contributed by atoms with E-state index in [4.69, 9.17) is 0 Å². The summed E-state index contributed by atoms with van der Waals surface area (Å²) in [6, 6.07) is 30.7. The lowest BCUT2D eigenvalue weighted by Crippen LogP contribution is -3.61. The van der Waals surface area contributed by atoms with E-state index < -0.39 is 0 Å². The topological polar surface area (TPSA) is 0 Å². The lowest BCUT2D eigenvalue weighted by Gasteiger charge is -1.99. The molecule has 1 heteroatoms. The standard InChI is InChI=1S/C20H14I/c1-3-11-17-15(7-1)9-5-13-19(17)21-20-14-6-10-16-8-2-4-12-18(16)20/h1-14H/q+1. The van der Waals surface area contributed by atoms with Gasteiger partial charge in [0.1, 0.15) is 0 Å². The van der Waals surface area contributed by atoms with Gasteiger partial charge in [0.15, 0.2) is 0 Å². The van der Waals surface area contributed by atoms with E-state index in [0.717, 1.165) is 0 Å². The summed E-state index contributed by atoms with van der Waals surface area (Å²) in [6.45, 7) is 0. The Hall–Kier alpha value is -1.87. The highest BCUT2D eigenvalue weighted by molar-refractivity contribution is 5.83. The molecule has 0 bridgehead atoms. The number of halogens is 1. The van der Waals surface area contributed by atoms with Gasteiger partial charge in [0, 0.05) is 10.8 Å². The second kappa shape index (κ2) is 5.49. The van der Waals surface area contributed by atoms with E-state index in [1.807, 2.05) is 0 Å². The molecule has 100 valence electrons. The number of hydrogen-bond acceptors (Lipinski definition) is 0. The second-order valence-electron chi connectivity index (χ2n) is 5.02. The van der Waals surface area contributed by atoms with Gasteiger partial charge in [-0.15, -0.1) is 0 Å². The molecule has 0 aliphatic heterocycles. The highest BCUT2D eigenvalue weighted by Gasteiger charge is 2.20. The molecular formula is C20H14I+. The summed E-state index contributed by atoms with van der Waals surface area (Å²) < 4.78 is 3.01. The van der Waals surface area contributed by atoms with Gasteiger partial charge in [0.25, 0.3) is 0 Å². The van der Waals surface area contributed by atoms with Crippen LogP contribution >= 0.6 is 0 Å². The van der Waals surface area contributed by atoms with Gasteiger partial charge in [-0.1, -0.05) is 60.7 Å². The quantitative estimate of drug-likeness (QED) is 0.467. The van der Waals surface area contributed by atoms with Crippen LogP contribution in [0, 0.1) is 7.14 Å². The first kappa shape index (κ1) is 12.8. The van der Waals surface area contributed by atoms with Crippen LogP contribution in [0.25, 0.3) is 21.5 Å². The molecule has 0 amide bonds. The normalized spacial score (nSPS) is 11.0. The Labute approximate surface area is 134 Å². The summed E-state index contributed by atoms with van der Waals surface area (Å²) in [5.74, 6) is 0. The minimum atomic E-state index is -0.176. The van der Waals surface area contributed by atoms with E-state index in [9.17, 15) is 0 Å². The van der Waals surface area contributed by atoms with Crippen molar-refractivity contribution in [2.75, 3.05) is 0 Å². The molecule has 0 fully saturated rings. The average Bonchev–Trinajstić information content (AvgIpc) is 2.56. The Kier molecular flexibility index (Phi) is 3.36. The van der Waals surface area contributed by atoms with E-state index >= 15 is 0 Å². The molecule has 0 spiro atoms. The summed E-state index contributed by atoms with van der Waals surface area (Å²) in [7, 11) is 0. The molecular weight excluding hydrogens is 367 g/mol. The fraction of sp³-hybridized carbons (Fsp3) is 0. The molecule has 0 radical (unpaired) electrons. The van der Waals surface area contributed by atoms with Crippen molar-refractivity contribution in [2.45, 2.75) is 0 Å². The summed E-state index contributed by atoms with van der Waals surface area (Å²) in [5, 5.41) is 5.49. The smallest absolute Gasteiger partial charge is 0.0616 e. The largest absolute Gasteiger partial charge is 0.359 e. The molecule has 0 aliphatic rings. The van der Waals surface area contributed by atoms with Crippen molar-refractivity contribution in [3.63, 3.8) is 0 Å². The third-order valence-corrected chi connectivity index (χ3v) is 6.72. The fourth-order valence-corrected chi connectivity index (χ4v) is 5.61. The van der Waals surface area contributed by atoms with Gasteiger partial charge in [0.05, 0.1) is 0 Å². The molecule has 4 aromatic carbocycles. The highest BCUT2D eigenvalue weighted by atomic mass is 127. The van der Waals surface area contributed by atoms with Crippen LogP contribution < -0.4 is 21.2 Å². The average molecular weight is 381 g/mol. The molecule has 4 rings (SSSR count). The van der Waals surface area contributed by atoms with Gasteiger partial charge in [-0.2, -0.15) is 0 Å². The minimum Gasteiger partial charge on any atom is -0.0616 e. The van der Waals surface area contributed by atoms with Gasteiger partial charge in [-0.05, 0) is 35.0 Å². The van der Waals surface area contributed by atoms with Crippen LogP contribution in [0.3, 0.4) is 0 Å². The van der Waals surface area contributed by atoms with Crippen molar-refractivity contribution < 1.29 is 21.2 Å². The van der Waals surface area contributed by atoms with E-state index in [0.29, 0.717) is 0 Å². The minimum absolute atomic E-state index is 0.176. The first-order valence-corrected chi connectivity index (χ1v) is 9.18. The van der Waals surface area contributed by atoms with Crippen LogP contribution in [-0.4, -0.2) is 0 Å². The summed E-state index contributed by atoms with van der Waals surface area (Å²) in [4.78, 5) is 0. The van der Waals surface area contributed by atoms with Crippen LogP contribution in [0.2, 0.25) is 0 Å². The van der Waals surface area contributed by atoms with Gasteiger partial charge in [-0.3, -0.25) is 0 Å². The predicted octanol–water partition coefficient (Wildman–Crippen LogP) is 2.12. The maximum atomic E-state index is 2.29. The molecule has 0 aliphatic carbocycles. The lowest BCUT2D eigenvalue weighted by atomic mass is 10.1. The third kappa shape index (κ3) is 2.42. The van der Waals surface area contributed by atoms with Gasteiger partial charge >= 0.3 is 21.2 Å². The van der Waals surface area contributed by atoms with Gasteiger partial charge in [-0.25, -0.2) is 0 Å². The number of fused-ring (bicyclic) bond motifs is 2. The summed E-state index contributed by atoms with van der Waals surface area (Å²) >= 11 is -0.176. The van der Waals surface area contributed by atoms with Crippen molar-refractivity contribution in [2.24, 2.45) is 0 Å². The van der Waals surface area contributed by atoms with Crippen LogP contribution in [0.5, 0.6) is 0 Å². The molecule has 0 unspecified atom stereocenters. The van der Waals surface area contributed by atoms with Crippen LogP contribution in [0.1, 0.15) is 0 Å². The monoisotopic (exact) mass is 381 g/mol. The highest BCUT2D eigenvalue weighted by Crippen LogP contribution is 2.14. The fourth-order valence-electron chi connectivity index (χ4n) is 2.65. The molecule has 0 heterocycles. The van der Waals surface area contributed by atoms with Crippen molar-refractivity contribution in [1.29, 1.82) is 0 Å². The van der Waals surface area contributed by atoms with Gasteiger partial charge < -0.3 is 0 Å². The molecule has 0 aromatic heterocycles. The maximum Gasteiger partial charge on any atom is 0.359 e. The molecule has 4 aromatic rings. The zero-order valence-corrected chi connectivity index (χ0v) is 13.6. The Balaban J connectivity index is 1.87. The molecule has 21 heavy (non-hydrogen) atoms. The number of rotatable bonds is 2. The van der Waals surface area contributed by atoms with Crippen molar-refractivity contribution in [1.82, 2.24) is 0 Å². The van der Waals surface area contributed by atoms with E-state index in [1.165, 1.54) is 28.7 Å². The van der Waals surface area contributed by atoms with Crippen molar-refractivity contribution in [3.8, 4) is 0 Å². The SMILES string of the molecule is c1ccc2c([I+]c3cccc4ccccc34)cccc2c1. The molecule has 0 saturated carbocycles. The van der Waals surface area contributed by atoms with Crippen LogP contribution in [-0.2, 0) is 0 Å². The van der Waals surface area contributed by atoms with E-state index in [1.54, 1.807) is 0 Å². The third-order valence-electron chi connectivity index (χ3n) is 3.68. The number of benzene rings is 4. The lowest BCUT2D eigenvalue weighted by molar-refractivity contribution is -0.592. The van der Waals surface area contributed by atoms with Crippen molar-refractivity contribution in [3.05, 3.63) is 92.1 Å². The summed E-state index contributed by atoms with van der Waals surface area (Å²) in [5.41, 5.74) is 0. The zero-order chi connectivity index (χ0) is 14.1. The number of hydrogen-bond donors (Lipinski definition) is 0. The predicted molar refractivity (Wildman–Crippen MR) is 85.3 cm³/mol. The Bertz CT molecular complexity index is 837. The Morgan fingerprint density at radius 1 is 0.429 bits per heavy atom. The van der Waals surface area contributed by atoms with Crippen molar-refractivity contribution >= 4 is 21.5 Å².